The van der Waals surface area contributed by atoms with Crippen molar-refractivity contribution in [2.45, 2.75) is 38.1 Å². The normalized spacial score (nSPS) is 24.9. The lowest BCUT2D eigenvalue weighted by molar-refractivity contribution is -0.142. The molecular formula is C13H23N3O2. The minimum Gasteiger partial charge on any atom is -0.313 e. The van der Waals surface area contributed by atoms with Crippen LogP contribution in [0.5, 0.6) is 0 Å². The first kappa shape index (κ1) is 13.5. The molecule has 0 bridgehead atoms. The summed E-state index contributed by atoms with van der Waals surface area (Å²) in [5.41, 5.74) is 0. The first-order valence-corrected chi connectivity index (χ1v) is 6.92. The third-order valence-electron chi connectivity index (χ3n) is 3.72. The predicted octanol–water partition coefficient (Wildman–Crippen LogP) is 0.209. The van der Waals surface area contributed by atoms with Gasteiger partial charge in [-0.1, -0.05) is 6.42 Å². The second kappa shape index (κ2) is 6.29. The summed E-state index contributed by atoms with van der Waals surface area (Å²) >= 11 is 0. The first-order valence-electron chi connectivity index (χ1n) is 6.92. The van der Waals surface area contributed by atoms with Gasteiger partial charge in [0.25, 0.3) is 0 Å². The van der Waals surface area contributed by atoms with E-state index < -0.39 is 0 Å². The highest BCUT2D eigenvalue weighted by Crippen LogP contribution is 2.11. The van der Waals surface area contributed by atoms with E-state index in [4.69, 9.17) is 0 Å². The minimum absolute atomic E-state index is 0.0100. The molecule has 0 spiro atoms. The number of imide groups is 1. The van der Waals surface area contributed by atoms with Gasteiger partial charge in [-0.05, 0) is 32.9 Å². The van der Waals surface area contributed by atoms with Crippen molar-refractivity contribution in [3.8, 4) is 0 Å². The van der Waals surface area contributed by atoms with E-state index in [-0.39, 0.29) is 11.8 Å². The Kier molecular flexibility index (Phi) is 4.72. The highest BCUT2D eigenvalue weighted by Gasteiger charge is 2.27. The molecule has 1 atom stereocenters. The smallest absolute Gasteiger partial charge is 0.243 e. The highest BCUT2D eigenvalue weighted by atomic mass is 16.2. The second-order valence-electron chi connectivity index (χ2n) is 5.39. The fourth-order valence-corrected chi connectivity index (χ4v) is 2.75. The van der Waals surface area contributed by atoms with Gasteiger partial charge < -0.3 is 5.32 Å². The van der Waals surface area contributed by atoms with Crippen LogP contribution in [-0.2, 0) is 9.59 Å². The van der Waals surface area contributed by atoms with E-state index in [1.165, 1.54) is 24.2 Å². The molecule has 2 fully saturated rings. The number of carbonyl (C=O) groups excluding carboxylic acids is 2. The maximum Gasteiger partial charge on any atom is 0.243 e. The molecule has 2 aliphatic rings. The SMILES string of the molecule is CN(CC(=O)N1CCCC1=O)CC1CCCCN1. The number of rotatable bonds is 4. The van der Waals surface area contributed by atoms with Gasteiger partial charge in [0.15, 0.2) is 0 Å². The van der Waals surface area contributed by atoms with Crippen LogP contribution in [0.15, 0.2) is 0 Å². The molecule has 5 nitrogen and oxygen atoms in total. The van der Waals surface area contributed by atoms with Crippen LogP contribution < -0.4 is 5.32 Å². The quantitative estimate of drug-likeness (QED) is 0.778. The average Bonchev–Trinajstić information content (AvgIpc) is 2.76. The van der Waals surface area contributed by atoms with Gasteiger partial charge in [0.1, 0.15) is 0 Å². The van der Waals surface area contributed by atoms with Gasteiger partial charge >= 0.3 is 0 Å². The summed E-state index contributed by atoms with van der Waals surface area (Å²) in [6, 6.07) is 0.492. The summed E-state index contributed by atoms with van der Waals surface area (Å²) in [5.74, 6) is -0.0556. The fraction of sp³-hybridized carbons (Fsp3) is 0.846. The van der Waals surface area contributed by atoms with E-state index in [1.54, 1.807) is 0 Å². The van der Waals surface area contributed by atoms with Gasteiger partial charge in [-0.25, -0.2) is 0 Å². The number of likely N-dealkylation sites (N-methyl/N-ethyl adjacent to an activating group) is 1. The van der Waals surface area contributed by atoms with Gasteiger partial charge in [0, 0.05) is 25.6 Å². The van der Waals surface area contributed by atoms with Crippen LogP contribution in [-0.4, -0.2) is 60.9 Å². The van der Waals surface area contributed by atoms with Crippen molar-refractivity contribution in [2.24, 2.45) is 0 Å². The van der Waals surface area contributed by atoms with E-state index in [0.29, 0.717) is 25.6 Å². The summed E-state index contributed by atoms with van der Waals surface area (Å²) in [7, 11) is 1.95. The molecular weight excluding hydrogens is 230 g/mol. The number of piperidine rings is 1. The van der Waals surface area contributed by atoms with E-state index in [2.05, 4.69) is 5.32 Å². The third kappa shape index (κ3) is 3.53. The fourth-order valence-electron chi connectivity index (χ4n) is 2.75. The van der Waals surface area contributed by atoms with Crippen LogP contribution in [0.25, 0.3) is 0 Å². The molecule has 18 heavy (non-hydrogen) atoms. The van der Waals surface area contributed by atoms with Crippen molar-refractivity contribution >= 4 is 11.8 Å². The molecule has 0 aliphatic carbocycles. The Morgan fingerprint density at radius 3 is 2.89 bits per heavy atom. The number of hydrogen-bond donors (Lipinski definition) is 1. The number of hydrogen-bond acceptors (Lipinski definition) is 4. The van der Waals surface area contributed by atoms with E-state index in [1.807, 2.05) is 11.9 Å². The van der Waals surface area contributed by atoms with Crippen molar-refractivity contribution in [1.82, 2.24) is 15.1 Å². The monoisotopic (exact) mass is 253 g/mol. The van der Waals surface area contributed by atoms with Crippen molar-refractivity contribution in [3.63, 3.8) is 0 Å². The number of likely N-dealkylation sites (tertiary alicyclic amines) is 1. The number of nitrogens with one attached hydrogen (secondary N) is 1. The van der Waals surface area contributed by atoms with Crippen molar-refractivity contribution in [3.05, 3.63) is 0 Å². The zero-order chi connectivity index (χ0) is 13.0. The Labute approximate surface area is 108 Å². The Hall–Kier alpha value is -0.940. The molecule has 1 N–H and O–H groups in total. The van der Waals surface area contributed by atoms with E-state index >= 15 is 0 Å². The molecule has 5 heteroatoms. The third-order valence-corrected chi connectivity index (χ3v) is 3.72. The minimum atomic E-state index is -0.0455. The molecule has 2 rings (SSSR count). The Balaban J connectivity index is 1.74. The van der Waals surface area contributed by atoms with Crippen molar-refractivity contribution in [1.29, 1.82) is 0 Å². The summed E-state index contributed by atoms with van der Waals surface area (Å²) in [6.07, 6.45) is 5.05. The molecule has 2 aliphatic heterocycles. The summed E-state index contributed by atoms with van der Waals surface area (Å²) in [6.45, 7) is 2.92. The molecule has 2 heterocycles. The zero-order valence-corrected chi connectivity index (χ0v) is 11.2. The van der Waals surface area contributed by atoms with Crippen molar-refractivity contribution < 1.29 is 9.59 Å². The maximum absolute atomic E-state index is 12.0. The second-order valence-corrected chi connectivity index (χ2v) is 5.39. The molecule has 102 valence electrons. The van der Waals surface area contributed by atoms with Crippen LogP contribution in [0.4, 0.5) is 0 Å². The Morgan fingerprint density at radius 2 is 2.28 bits per heavy atom. The highest BCUT2D eigenvalue weighted by molar-refractivity contribution is 5.97. The summed E-state index contributed by atoms with van der Waals surface area (Å²) in [5, 5.41) is 3.47. The predicted molar refractivity (Wildman–Crippen MR) is 69.1 cm³/mol. The molecule has 0 aromatic heterocycles. The first-order chi connectivity index (χ1) is 8.66. The van der Waals surface area contributed by atoms with Crippen molar-refractivity contribution in [2.75, 3.05) is 33.2 Å². The molecule has 0 aromatic carbocycles. The van der Waals surface area contributed by atoms with E-state index in [9.17, 15) is 9.59 Å². The number of nitrogens with zero attached hydrogens (tertiary/aromatic N) is 2. The lowest BCUT2D eigenvalue weighted by Gasteiger charge is -2.28. The number of amides is 2. The van der Waals surface area contributed by atoms with Crippen LogP contribution in [0.1, 0.15) is 32.1 Å². The van der Waals surface area contributed by atoms with Gasteiger partial charge in [-0.2, -0.15) is 0 Å². The Bertz CT molecular complexity index is 313. The van der Waals surface area contributed by atoms with Gasteiger partial charge in [0.05, 0.1) is 6.54 Å². The lowest BCUT2D eigenvalue weighted by atomic mass is 10.0. The van der Waals surface area contributed by atoms with Gasteiger partial charge in [-0.15, -0.1) is 0 Å². The van der Waals surface area contributed by atoms with Gasteiger partial charge in [-0.3, -0.25) is 19.4 Å². The summed E-state index contributed by atoms with van der Waals surface area (Å²) < 4.78 is 0. The molecule has 2 amide bonds. The maximum atomic E-state index is 12.0. The van der Waals surface area contributed by atoms with Gasteiger partial charge in [0.2, 0.25) is 11.8 Å². The molecule has 2 saturated heterocycles. The molecule has 1 unspecified atom stereocenters. The Morgan fingerprint density at radius 1 is 1.44 bits per heavy atom. The standard InChI is InChI=1S/C13H23N3O2/c1-15(9-11-5-2-3-7-14-11)10-13(18)16-8-4-6-12(16)17/h11,14H,2-10H2,1H3. The van der Waals surface area contributed by atoms with Crippen LogP contribution in [0.2, 0.25) is 0 Å². The lowest BCUT2D eigenvalue weighted by Crippen LogP contribution is -2.46. The summed E-state index contributed by atoms with van der Waals surface area (Å²) in [4.78, 5) is 26.8. The topological polar surface area (TPSA) is 52.7 Å². The largest absolute Gasteiger partial charge is 0.313 e. The van der Waals surface area contributed by atoms with E-state index in [0.717, 1.165) is 19.5 Å². The average molecular weight is 253 g/mol. The zero-order valence-electron chi connectivity index (χ0n) is 11.2. The molecule has 0 saturated carbocycles. The van der Waals surface area contributed by atoms with Crippen LogP contribution >= 0.6 is 0 Å². The molecule has 0 aromatic rings. The van der Waals surface area contributed by atoms with Crippen LogP contribution in [0, 0.1) is 0 Å². The van der Waals surface area contributed by atoms with Crippen LogP contribution in [0.3, 0.4) is 0 Å². The molecule has 0 radical (unpaired) electrons. The number of carbonyl (C=O) groups is 2.